The Balaban J connectivity index is 1.69. The molecule has 5 nitrogen and oxygen atoms in total. The molecule has 0 fully saturated rings. The number of carbonyl (C=O) groups excluding carboxylic acids is 2. The van der Waals surface area contributed by atoms with Crippen LogP contribution in [0.4, 0.5) is 16.2 Å². The molecule has 2 aromatic rings. The lowest BCUT2D eigenvalue weighted by Gasteiger charge is -2.28. The Bertz CT molecular complexity index is 789. The molecule has 0 radical (unpaired) electrons. The van der Waals surface area contributed by atoms with Crippen molar-refractivity contribution in [3.63, 3.8) is 0 Å². The molecule has 0 bridgehead atoms. The number of rotatable bonds is 4. The lowest BCUT2D eigenvalue weighted by molar-refractivity contribution is -0.118. The molecular formula is C22H27N3O2. The summed E-state index contributed by atoms with van der Waals surface area (Å²) >= 11 is 0. The highest BCUT2D eigenvalue weighted by Crippen LogP contribution is 2.26. The molecule has 27 heavy (non-hydrogen) atoms. The summed E-state index contributed by atoms with van der Waals surface area (Å²) in [5.41, 5.74) is 2.97. The Morgan fingerprint density at radius 1 is 1.04 bits per heavy atom. The van der Waals surface area contributed by atoms with Crippen molar-refractivity contribution in [1.29, 1.82) is 0 Å². The molecule has 0 saturated carbocycles. The highest BCUT2D eigenvalue weighted by Gasteiger charge is 2.23. The number of nitrogens with one attached hydrogen (secondary N) is 1. The van der Waals surface area contributed by atoms with Crippen LogP contribution in [0.2, 0.25) is 0 Å². The predicted molar refractivity (Wildman–Crippen MR) is 109 cm³/mol. The first-order valence-electron chi connectivity index (χ1n) is 9.58. The van der Waals surface area contributed by atoms with E-state index in [1.807, 2.05) is 62.4 Å². The zero-order valence-corrected chi connectivity index (χ0v) is 16.0. The number of para-hydroxylation sites is 2. The molecule has 0 saturated heterocycles. The molecule has 1 aliphatic rings. The van der Waals surface area contributed by atoms with E-state index in [2.05, 4.69) is 11.4 Å². The zero-order valence-electron chi connectivity index (χ0n) is 16.0. The Hall–Kier alpha value is -2.82. The van der Waals surface area contributed by atoms with E-state index in [0.29, 0.717) is 6.54 Å². The van der Waals surface area contributed by atoms with Crippen molar-refractivity contribution in [3.8, 4) is 0 Å². The highest BCUT2D eigenvalue weighted by atomic mass is 16.2. The minimum Gasteiger partial charge on any atom is -0.329 e. The standard InChI is InChI=1S/C22H27N3O2/c1-17(2)25(19-12-4-3-5-13-19)21(26)16-23-22(27)24-15-9-8-11-18-10-6-7-14-20(18)24/h3-7,10,12-14,17H,8-9,11,15-16H2,1-2H3,(H,23,27). The first-order chi connectivity index (χ1) is 13.1. The average Bonchev–Trinajstić information content (AvgIpc) is 2.89. The van der Waals surface area contributed by atoms with Crippen LogP contribution < -0.4 is 15.1 Å². The van der Waals surface area contributed by atoms with Crippen LogP contribution in [0.1, 0.15) is 32.3 Å². The van der Waals surface area contributed by atoms with Crippen LogP contribution in [0.5, 0.6) is 0 Å². The average molecular weight is 365 g/mol. The first-order valence-corrected chi connectivity index (χ1v) is 9.58. The fourth-order valence-corrected chi connectivity index (χ4v) is 3.55. The van der Waals surface area contributed by atoms with Gasteiger partial charge in [-0.25, -0.2) is 4.79 Å². The molecule has 0 aliphatic carbocycles. The monoisotopic (exact) mass is 365 g/mol. The van der Waals surface area contributed by atoms with E-state index in [0.717, 1.165) is 30.6 Å². The Morgan fingerprint density at radius 3 is 2.48 bits per heavy atom. The van der Waals surface area contributed by atoms with Gasteiger partial charge in [-0.05, 0) is 56.9 Å². The number of benzene rings is 2. The summed E-state index contributed by atoms with van der Waals surface area (Å²) in [7, 11) is 0. The van der Waals surface area contributed by atoms with Gasteiger partial charge in [0.2, 0.25) is 5.91 Å². The van der Waals surface area contributed by atoms with Gasteiger partial charge in [0.05, 0.1) is 6.54 Å². The van der Waals surface area contributed by atoms with Crippen LogP contribution in [-0.4, -0.2) is 31.1 Å². The van der Waals surface area contributed by atoms with E-state index in [1.165, 1.54) is 5.56 Å². The molecule has 3 amide bonds. The highest BCUT2D eigenvalue weighted by molar-refractivity contribution is 5.99. The molecule has 3 rings (SSSR count). The summed E-state index contributed by atoms with van der Waals surface area (Å²) in [5, 5.41) is 2.82. The molecule has 1 aliphatic heterocycles. The van der Waals surface area contributed by atoms with Crippen molar-refractivity contribution in [3.05, 3.63) is 60.2 Å². The number of carbonyl (C=O) groups is 2. The SMILES string of the molecule is CC(C)N(C(=O)CNC(=O)N1CCCCc2ccccc21)c1ccccc1. The summed E-state index contributed by atoms with van der Waals surface area (Å²) in [4.78, 5) is 29.1. The van der Waals surface area contributed by atoms with Crippen LogP contribution in [0.3, 0.4) is 0 Å². The van der Waals surface area contributed by atoms with Crippen molar-refractivity contribution >= 4 is 23.3 Å². The summed E-state index contributed by atoms with van der Waals surface area (Å²) < 4.78 is 0. The third-order valence-electron chi connectivity index (χ3n) is 4.82. The first kappa shape index (κ1) is 19.0. The van der Waals surface area contributed by atoms with Gasteiger partial charge >= 0.3 is 6.03 Å². The van der Waals surface area contributed by atoms with Crippen molar-refractivity contribution in [2.45, 2.75) is 39.2 Å². The molecule has 2 aromatic carbocycles. The van der Waals surface area contributed by atoms with Crippen LogP contribution in [0.25, 0.3) is 0 Å². The van der Waals surface area contributed by atoms with Gasteiger partial charge in [-0.2, -0.15) is 0 Å². The molecule has 0 atom stereocenters. The Labute approximate surface area is 161 Å². The lowest BCUT2D eigenvalue weighted by atomic mass is 10.1. The second-order valence-corrected chi connectivity index (χ2v) is 7.09. The quantitative estimate of drug-likeness (QED) is 0.891. The van der Waals surface area contributed by atoms with E-state index < -0.39 is 0 Å². The van der Waals surface area contributed by atoms with Crippen LogP contribution >= 0.6 is 0 Å². The van der Waals surface area contributed by atoms with Gasteiger partial charge in [0.1, 0.15) is 0 Å². The third-order valence-corrected chi connectivity index (χ3v) is 4.82. The number of nitrogens with zero attached hydrogens (tertiary/aromatic N) is 2. The van der Waals surface area contributed by atoms with Crippen LogP contribution in [-0.2, 0) is 11.2 Å². The number of anilines is 2. The fourth-order valence-electron chi connectivity index (χ4n) is 3.55. The largest absolute Gasteiger partial charge is 0.329 e. The van der Waals surface area contributed by atoms with Gasteiger partial charge in [0, 0.05) is 24.0 Å². The minimum atomic E-state index is -0.213. The fraction of sp³-hybridized carbons (Fsp3) is 0.364. The van der Waals surface area contributed by atoms with E-state index >= 15 is 0 Å². The van der Waals surface area contributed by atoms with E-state index in [1.54, 1.807) is 9.80 Å². The normalized spacial score (nSPS) is 13.7. The number of urea groups is 1. The van der Waals surface area contributed by atoms with Crippen LogP contribution in [0.15, 0.2) is 54.6 Å². The predicted octanol–water partition coefficient (Wildman–Crippen LogP) is 3.98. The molecule has 1 N–H and O–H groups in total. The number of hydrogen-bond acceptors (Lipinski definition) is 2. The van der Waals surface area contributed by atoms with Gasteiger partial charge in [-0.1, -0.05) is 36.4 Å². The van der Waals surface area contributed by atoms with Gasteiger partial charge < -0.3 is 10.2 Å². The Kier molecular flexibility index (Phi) is 6.12. The topological polar surface area (TPSA) is 52.7 Å². The maximum Gasteiger partial charge on any atom is 0.322 e. The summed E-state index contributed by atoms with van der Waals surface area (Å²) in [6, 6.07) is 17.4. The molecule has 0 spiro atoms. The van der Waals surface area contributed by atoms with E-state index in [9.17, 15) is 9.59 Å². The zero-order chi connectivity index (χ0) is 19.2. The minimum absolute atomic E-state index is 0.00992. The maximum atomic E-state index is 12.8. The molecule has 142 valence electrons. The smallest absolute Gasteiger partial charge is 0.322 e. The van der Waals surface area contributed by atoms with Crippen molar-refractivity contribution in [1.82, 2.24) is 5.32 Å². The van der Waals surface area contributed by atoms with E-state index in [-0.39, 0.29) is 24.5 Å². The molecular weight excluding hydrogens is 338 g/mol. The molecule has 0 unspecified atom stereocenters. The molecule has 1 heterocycles. The van der Waals surface area contributed by atoms with Gasteiger partial charge in [-0.3, -0.25) is 9.69 Å². The number of fused-ring (bicyclic) bond motifs is 1. The molecule has 5 heteroatoms. The second-order valence-electron chi connectivity index (χ2n) is 7.09. The number of hydrogen-bond donors (Lipinski definition) is 1. The van der Waals surface area contributed by atoms with Gasteiger partial charge in [0.25, 0.3) is 0 Å². The summed E-state index contributed by atoms with van der Waals surface area (Å²) in [6.45, 7) is 4.59. The molecule has 0 aromatic heterocycles. The summed E-state index contributed by atoms with van der Waals surface area (Å²) in [6.07, 6.45) is 3.00. The third kappa shape index (κ3) is 4.48. The van der Waals surface area contributed by atoms with Crippen LogP contribution in [0, 0.1) is 0 Å². The van der Waals surface area contributed by atoms with Crippen molar-refractivity contribution in [2.75, 3.05) is 22.9 Å². The van der Waals surface area contributed by atoms with Gasteiger partial charge in [0.15, 0.2) is 0 Å². The van der Waals surface area contributed by atoms with Crippen molar-refractivity contribution in [2.24, 2.45) is 0 Å². The number of aryl methyl sites for hydroxylation is 1. The van der Waals surface area contributed by atoms with Crippen molar-refractivity contribution < 1.29 is 9.59 Å². The summed E-state index contributed by atoms with van der Waals surface area (Å²) in [5.74, 6) is -0.118. The second kappa shape index (κ2) is 8.71. The van der Waals surface area contributed by atoms with Gasteiger partial charge in [-0.15, -0.1) is 0 Å². The van der Waals surface area contributed by atoms with E-state index in [4.69, 9.17) is 0 Å². The maximum absolute atomic E-state index is 12.8. The Morgan fingerprint density at radius 2 is 1.74 bits per heavy atom. The lowest BCUT2D eigenvalue weighted by Crippen LogP contribution is -2.47. The number of amides is 3.